The normalized spacial score (nSPS) is 39.4. The summed E-state index contributed by atoms with van der Waals surface area (Å²) in [5.74, 6) is 2.10. The van der Waals surface area contributed by atoms with Crippen LogP contribution in [0.15, 0.2) is 11.6 Å². The highest BCUT2D eigenvalue weighted by atomic mass is 14.4. The molecule has 1 fully saturated rings. The fraction of sp³-hybridized carbons (Fsp3) is 0.778. The average molecular weight is 122 g/mol. The molecule has 2 aliphatic rings. The van der Waals surface area contributed by atoms with E-state index in [2.05, 4.69) is 13.0 Å². The van der Waals surface area contributed by atoms with Gasteiger partial charge in [0.1, 0.15) is 0 Å². The highest BCUT2D eigenvalue weighted by Crippen LogP contribution is 2.45. The van der Waals surface area contributed by atoms with E-state index in [1.54, 1.807) is 5.57 Å². The first-order valence-corrected chi connectivity index (χ1v) is 4.09. The fourth-order valence-electron chi connectivity index (χ4n) is 2.04. The SMILES string of the molecule is CCC1=C[C@H]2CC[C@@H]2C1. The Labute approximate surface area is 57.0 Å². The van der Waals surface area contributed by atoms with Crippen molar-refractivity contribution >= 4 is 0 Å². The van der Waals surface area contributed by atoms with E-state index in [1.165, 1.54) is 25.7 Å². The molecule has 9 heavy (non-hydrogen) atoms. The zero-order valence-corrected chi connectivity index (χ0v) is 6.06. The number of hydrogen-bond donors (Lipinski definition) is 0. The van der Waals surface area contributed by atoms with Crippen molar-refractivity contribution in [2.24, 2.45) is 11.8 Å². The summed E-state index contributed by atoms with van der Waals surface area (Å²) >= 11 is 0. The first kappa shape index (κ1) is 5.52. The van der Waals surface area contributed by atoms with Gasteiger partial charge in [-0.15, -0.1) is 0 Å². The Balaban J connectivity index is 2.05. The lowest BCUT2D eigenvalue weighted by Crippen LogP contribution is -2.19. The van der Waals surface area contributed by atoms with E-state index in [9.17, 15) is 0 Å². The predicted molar refractivity (Wildman–Crippen MR) is 39.2 cm³/mol. The molecule has 0 spiro atoms. The van der Waals surface area contributed by atoms with Crippen LogP contribution in [0.5, 0.6) is 0 Å². The Kier molecular flexibility index (Phi) is 1.14. The molecule has 0 heteroatoms. The van der Waals surface area contributed by atoms with Crippen molar-refractivity contribution < 1.29 is 0 Å². The maximum absolute atomic E-state index is 2.52. The van der Waals surface area contributed by atoms with E-state index < -0.39 is 0 Å². The molecule has 0 aromatic rings. The van der Waals surface area contributed by atoms with E-state index >= 15 is 0 Å². The molecular formula is C9H14. The number of allylic oxidation sites excluding steroid dienone is 2. The summed E-state index contributed by atoms with van der Waals surface area (Å²) in [5.41, 5.74) is 1.72. The molecule has 0 nitrogen and oxygen atoms in total. The van der Waals surface area contributed by atoms with Crippen molar-refractivity contribution in [1.29, 1.82) is 0 Å². The number of fused-ring (bicyclic) bond motifs is 1. The van der Waals surface area contributed by atoms with E-state index in [4.69, 9.17) is 0 Å². The Hall–Kier alpha value is -0.260. The maximum Gasteiger partial charge on any atom is -0.0199 e. The molecule has 0 amide bonds. The number of hydrogen-bond acceptors (Lipinski definition) is 0. The van der Waals surface area contributed by atoms with Crippen LogP contribution < -0.4 is 0 Å². The molecule has 50 valence electrons. The van der Waals surface area contributed by atoms with Crippen molar-refractivity contribution in [2.75, 3.05) is 0 Å². The van der Waals surface area contributed by atoms with Gasteiger partial charge in [0, 0.05) is 0 Å². The second-order valence-electron chi connectivity index (χ2n) is 3.38. The average Bonchev–Trinajstić information content (AvgIpc) is 2.10. The summed E-state index contributed by atoms with van der Waals surface area (Å²) in [6, 6.07) is 0. The summed E-state index contributed by atoms with van der Waals surface area (Å²) in [4.78, 5) is 0. The number of rotatable bonds is 1. The molecule has 0 aromatic heterocycles. The van der Waals surface area contributed by atoms with Gasteiger partial charge in [-0.3, -0.25) is 0 Å². The summed E-state index contributed by atoms with van der Waals surface area (Å²) in [6.45, 7) is 2.27. The Morgan fingerprint density at radius 2 is 2.44 bits per heavy atom. The van der Waals surface area contributed by atoms with Crippen molar-refractivity contribution in [3.8, 4) is 0 Å². The molecule has 0 unspecified atom stereocenters. The molecule has 0 radical (unpaired) electrons. The van der Waals surface area contributed by atoms with Gasteiger partial charge in [0.05, 0.1) is 0 Å². The van der Waals surface area contributed by atoms with Gasteiger partial charge in [0.15, 0.2) is 0 Å². The van der Waals surface area contributed by atoms with E-state index in [0.29, 0.717) is 0 Å². The van der Waals surface area contributed by atoms with Gasteiger partial charge in [0.25, 0.3) is 0 Å². The van der Waals surface area contributed by atoms with E-state index in [1.807, 2.05) is 0 Å². The molecule has 2 aliphatic carbocycles. The second kappa shape index (κ2) is 1.86. The zero-order valence-electron chi connectivity index (χ0n) is 6.06. The predicted octanol–water partition coefficient (Wildman–Crippen LogP) is 2.75. The molecule has 1 saturated carbocycles. The molecule has 0 saturated heterocycles. The minimum absolute atomic E-state index is 1.01. The van der Waals surface area contributed by atoms with Crippen LogP contribution in [0.3, 0.4) is 0 Å². The molecular weight excluding hydrogens is 108 g/mol. The Morgan fingerprint density at radius 1 is 1.56 bits per heavy atom. The third kappa shape index (κ3) is 0.726. The fourth-order valence-corrected chi connectivity index (χ4v) is 2.04. The van der Waals surface area contributed by atoms with Gasteiger partial charge in [-0.05, 0) is 37.5 Å². The standard InChI is InChI=1S/C9H14/c1-2-7-5-8-3-4-9(8)6-7/h5,8-9H,2-4,6H2,1H3/t8-,9-/m1/s1. The summed E-state index contributed by atoms with van der Waals surface area (Å²) < 4.78 is 0. The molecule has 2 atom stereocenters. The van der Waals surface area contributed by atoms with Crippen LogP contribution in [0.4, 0.5) is 0 Å². The third-order valence-electron chi connectivity index (χ3n) is 2.90. The van der Waals surface area contributed by atoms with Crippen LogP contribution in [0.2, 0.25) is 0 Å². The second-order valence-corrected chi connectivity index (χ2v) is 3.38. The van der Waals surface area contributed by atoms with Crippen LogP contribution in [0.1, 0.15) is 32.6 Å². The zero-order chi connectivity index (χ0) is 6.27. The van der Waals surface area contributed by atoms with Gasteiger partial charge in [-0.25, -0.2) is 0 Å². The van der Waals surface area contributed by atoms with Crippen LogP contribution >= 0.6 is 0 Å². The first-order valence-electron chi connectivity index (χ1n) is 4.09. The van der Waals surface area contributed by atoms with Crippen LogP contribution in [-0.4, -0.2) is 0 Å². The van der Waals surface area contributed by atoms with Gasteiger partial charge in [0.2, 0.25) is 0 Å². The summed E-state index contributed by atoms with van der Waals surface area (Å²) in [7, 11) is 0. The lowest BCUT2D eigenvalue weighted by Gasteiger charge is -2.29. The third-order valence-corrected chi connectivity index (χ3v) is 2.90. The van der Waals surface area contributed by atoms with Crippen molar-refractivity contribution in [3.05, 3.63) is 11.6 Å². The molecule has 0 heterocycles. The topological polar surface area (TPSA) is 0 Å². The van der Waals surface area contributed by atoms with Crippen LogP contribution in [0.25, 0.3) is 0 Å². The van der Waals surface area contributed by atoms with Crippen molar-refractivity contribution in [1.82, 2.24) is 0 Å². The largest absolute Gasteiger partial charge is 0.0819 e. The molecule has 0 aromatic carbocycles. The highest BCUT2D eigenvalue weighted by molar-refractivity contribution is 5.16. The van der Waals surface area contributed by atoms with Gasteiger partial charge in [-0.1, -0.05) is 18.6 Å². The lowest BCUT2D eigenvalue weighted by atomic mass is 9.76. The molecule has 0 aliphatic heterocycles. The minimum atomic E-state index is 1.01. The van der Waals surface area contributed by atoms with Crippen molar-refractivity contribution in [2.45, 2.75) is 32.6 Å². The molecule has 2 rings (SSSR count). The van der Waals surface area contributed by atoms with Gasteiger partial charge < -0.3 is 0 Å². The Bertz CT molecular complexity index is 144. The summed E-state index contributed by atoms with van der Waals surface area (Å²) in [6.07, 6.45) is 8.24. The van der Waals surface area contributed by atoms with E-state index in [0.717, 1.165) is 11.8 Å². The van der Waals surface area contributed by atoms with E-state index in [-0.39, 0.29) is 0 Å². The van der Waals surface area contributed by atoms with Crippen molar-refractivity contribution in [3.63, 3.8) is 0 Å². The van der Waals surface area contributed by atoms with Crippen LogP contribution in [0, 0.1) is 11.8 Å². The maximum atomic E-state index is 2.52. The van der Waals surface area contributed by atoms with Gasteiger partial charge in [-0.2, -0.15) is 0 Å². The monoisotopic (exact) mass is 122 g/mol. The quantitative estimate of drug-likeness (QED) is 0.469. The lowest BCUT2D eigenvalue weighted by molar-refractivity contribution is 0.247. The molecule has 0 N–H and O–H groups in total. The molecule has 0 bridgehead atoms. The summed E-state index contributed by atoms with van der Waals surface area (Å²) in [5, 5.41) is 0. The Morgan fingerprint density at radius 3 is 2.78 bits per heavy atom. The van der Waals surface area contributed by atoms with Crippen LogP contribution in [-0.2, 0) is 0 Å². The first-order chi connectivity index (χ1) is 4.40. The van der Waals surface area contributed by atoms with Gasteiger partial charge >= 0.3 is 0 Å². The highest BCUT2D eigenvalue weighted by Gasteiger charge is 2.33. The smallest absolute Gasteiger partial charge is 0.0199 e. The minimum Gasteiger partial charge on any atom is -0.0819 e.